The molecule has 19 heavy (non-hydrogen) atoms. The molecule has 1 heterocycles. The van der Waals surface area contributed by atoms with Crippen LogP contribution in [0.2, 0.25) is 0 Å². The van der Waals surface area contributed by atoms with Crippen molar-refractivity contribution in [3.05, 3.63) is 12.2 Å². The van der Waals surface area contributed by atoms with Gasteiger partial charge in [0.15, 0.2) is 6.10 Å². The second kappa shape index (κ2) is 7.55. The van der Waals surface area contributed by atoms with E-state index in [-0.39, 0.29) is 11.4 Å². The summed E-state index contributed by atoms with van der Waals surface area (Å²) in [4.78, 5) is 22.3. The minimum absolute atomic E-state index is 0.335. The third-order valence-electron chi connectivity index (χ3n) is 2.43. The van der Waals surface area contributed by atoms with Crippen LogP contribution in [0.3, 0.4) is 0 Å². The van der Waals surface area contributed by atoms with Gasteiger partial charge in [-0.1, -0.05) is 12.2 Å². The number of thioether (sulfide) groups is 1. The molecule has 0 aromatic rings. The number of rotatable bonds is 5. The Morgan fingerprint density at radius 1 is 1.26 bits per heavy atom. The highest BCUT2D eigenvalue weighted by Gasteiger charge is 2.39. The molecule has 0 saturated carbocycles. The maximum atomic E-state index is 11.2. The SMILES string of the molecule is C=C(C)CSC1OCCC(OC(C)=O)C1OC(C)=O. The van der Waals surface area contributed by atoms with Crippen molar-refractivity contribution in [2.24, 2.45) is 0 Å². The predicted molar refractivity (Wildman–Crippen MR) is 72.7 cm³/mol. The Morgan fingerprint density at radius 2 is 1.89 bits per heavy atom. The predicted octanol–water partition coefficient (Wildman–Crippen LogP) is 1.91. The number of hydrogen-bond acceptors (Lipinski definition) is 6. The van der Waals surface area contributed by atoms with Crippen LogP contribution in [0.4, 0.5) is 0 Å². The van der Waals surface area contributed by atoms with Crippen molar-refractivity contribution < 1.29 is 23.8 Å². The van der Waals surface area contributed by atoms with Crippen LogP contribution in [0.1, 0.15) is 27.2 Å². The zero-order chi connectivity index (χ0) is 14.4. The van der Waals surface area contributed by atoms with E-state index in [0.29, 0.717) is 18.8 Å². The van der Waals surface area contributed by atoms with Crippen molar-refractivity contribution in [2.75, 3.05) is 12.4 Å². The second-order valence-electron chi connectivity index (χ2n) is 4.52. The molecule has 3 atom stereocenters. The van der Waals surface area contributed by atoms with Crippen LogP contribution in [0, 0.1) is 0 Å². The lowest BCUT2D eigenvalue weighted by Gasteiger charge is -2.36. The van der Waals surface area contributed by atoms with Crippen LogP contribution in [0.5, 0.6) is 0 Å². The van der Waals surface area contributed by atoms with Crippen LogP contribution < -0.4 is 0 Å². The second-order valence-corrected chi connectivity index (χ2v) is 5.60. The molecule has 108 valence electrons. The Morgan fingerprint density at radius 3 is 2.42 bits per heavy atom. The number of ether oxygens (including phenoxy) is 3. The molecule has 1 aliphatic rings. The summed E-state index contributed by atoms with van der Waals surface area (Å²) < 4.78 is 16.1. The van der Waals surface area contributed by atoms with Crippen LogP contribution in [0.25, 0.3) is 0 Å². The first-order chi connectivity index (χ1) is 8.90. The van der Waals surface area contributed by atoms with Gasteiger partial charge in [-0.15, -0.1) is 11.8 Å². The summed E-state index contributed by atoms with van der Waals surface area (Å²) in [6, 6.07) is 0. The minimum atomic E-state index is -0.570. The number of esters is 2. The van der Waals surface area contributed by atoms with Gasteiger partial charge in [0.2, 0.25) is 0 Å². The summed E-state index contributed by atoms with van der Waals surface area (Å²) in [6.07, 6.45) is -0.487. The summed E-state index contributed by atoms with van der Waals surface area (Å²) in [5, 5.41) is 0. The van der Waals surface area contributed by atoms with Gasteiger partial charge in [-0.2, -0.15) is 0 Å². The van der Waals surface area contributed by atoms with E-state index in [4.69, 9.17) is 14.2 Å². The summed E-state index contributed by atoms with van der Waals surface area (Å²) in [7, 11) is 0. The molecule has 0 N–H and O–H groups in total. The summed E-state index contributed by atoms with van der Waals surface area (Å²) in [6.45, 7) is 8.89. The number of hydrogen-bond donors (Lipinski definition) is 0. The van der Waals surface area contributed by atoms with E-state index < -0.39 is 18.2 Å². The van der Waals surface area contributed by atoms with E-state index >= 15 is 0 Å². The van der Waals surface area contributed by atoms with Gasteiger partial charge in [-0.3, -0.25) is 9.59 Å². The molecule has 6 heteroatoms. The van der Waals surface area contributed by atoms with Gasteiger partial charge < -0.3 is 14.2 Å². The van der Waals surface area contributed by atoms with Crippen LogP contribution >= 0.6 is 11.8 Å². The molecular formula is C13H20O5S. The standard InChI is InChI=1S/C13H20O5S/c1-8(2)7-19-13-12(18-10(4)15)11(5-6-16-13)17-9(3)14/h11-13H,1,5-7H2,2-4H3. The van der Waals surface area contributed by atoms with Gasteiger partial charge in [0.25, 0.3) is 0 Å². The fourth-order valence-corrected chi connectivity index (χ4v) is 2.83. The fourth-order valence-electron chi connectivity index (χ4n) is 1.76. The van der Waals surface area contributed by atoms with E-state index in [9.17, 15) is 9.59 Å². The zero-order valence-corrected chi connectivity index (χ0v) is 12.3. The van der Waals surface area contributed by atoms with Gasteiger partial charge in [0.05, 0.1) is 6.61 Å². The Labute approximate surface area is 117 Å². The van der Waals surface area contributed by atoms with E-state index in [1.807, 2.05) is 6.92 Å². The highest BCUT2D eigenvalue weighted by Crippen LogP contribution is 2.29. The first-order valence-electron chi connectivity index (χ1n) is 6.12. The minimum Gasteiger partial charge on any atom is -0.458 e. The van der Waals surface area contributed by atoms with Crippen molar-refractivity contribution in [1.82, 2.24) is 0 Å². The van der Waals surface area contributed by atoms with Crippen molar-refractivity contribution in [2.45, 2.75) is 44.8 Å². The van der Waals surface area contributed by atoms with E-state index in [2.05, 4.69) is 6.58 Å². The van der Waals surface area contributed by atoms with Crippen molar-refractivity contribution in [3.8, 4) is 0 Å². The molecule has 0 bridgehead atoms. The largest absolute Gasteiger partial charge is 0.458 e. The lowest BCUT2D eigenvalue weighted by Crippen LogP contribution is -2.47. The van der Waals surface area contributed by atoms with Gasteiger partial charge in [-0.05, 0) is 6.92 Å². The molecule has 1 rings (SSSR count). The highest BCUT2D eigenvalue weighted by atomic mass is 32.2. The molecule has 5 nitrogen and oxygen atoms in total. The molecule has 1 aliphatic heterocycles. The van der Waals surface area contributed by atoms with Crippen LogP contribution in [-0.4, -0.2) is 41.9 Å². The quantitative estimate of drug-likeness (QED) is 0.569. The summed E-state index contributed by atoms with van der Waals surface area (Å²) >= 11 is 1.50. The molecule has 0 aliphatic carbocycles. The van der Waals surface area contributed by atoms with Gasteiger partial charge in [-0.25, -0.2) is 0 Å². The number of carbonyl (C=O) groups is 2. The van der Waals surface area contributed by atoms with Crippen molar-refractivity contribution in [3.63, 3.8) is 0 Å². The van der Waals surface area contributed by atoms with Crippen molar-refractivity contribution in [1.29, 1.82) is 0 Å². The van der Waals surface area contributed by atoms with Gasteiger partial charge in [0.1, 0.15) is 11.5 Å². The van der Waals surface area contributed by atoms with Crippen LogP contribution in [0.15, 0.2) is 12.2 Å². The molecule has 1 fully saturated rings. The first kappa shape index (κ1) is 16.0. The third-order valence-corrected chi connectivity index (χ3v) is 3.82. The average Bonchev–Trinajstić information content (AvgIpc) is 2.28. The smallest absolute Gasteiger partial charge is 0.303 e. The fraction of sp³-hybridized carbons (Fsp3) is 0.692. The highest BCUT2D eigenvalue weighted by molar-refractivity contribution is 8.00. The summed E-state index contributed by atoms with van der Waals surface area (Å²) in [5.74, 6) is -0.0869. The topological polar surface area (TPSA) is 61.8 Å². The lowest BCUT2D eigenvalue weighted by molar-refractivity contribution is -0.182. The van der Waals surface area contributed by atoms with Gasteiger partial charge in [0, 0.05) is 26.0 Å². The molecule has 0 aromatic heterocycles. The monoisotopic (exact) mass is 288 g/mol. The Balaban J connectivity index is 2.72. The maximum Gasteiger partial charge on any atom is 0.303 e. The van der Waals surface area contributed by atoms with Gasteiger partial charge >= 0.3 is 11.9 Å². The lowest BCUT2D eigenvalue weighted by atomic mass is 10.1. The normalized spacial score (nSPS) is 26.6. The third kappa shape index (κ3) is 5.65. The Kier molecular flexibility index (Phi) is 6.37. The molecule has 3 unspecified atom stereocenters. The number of carbonyl (C=O) groups excluding carboxylic acids is 2. The molecule has 1 saturated heterocycles. The summed E-state index contributed by atoms with van der Waals surface area (Å²) in [5.41, 5.74) is 0.670. The Hall–Kier alpha value is -1.01. The molecule has 0 aromatic carbocycles. The van der Waals surface area contributed by atoms with Crippen LogP contribution in [-0.2, 0) is 23.8 Å². The van der Waals surface area contributed by atoms with E-state index in [0.717, 1.165) is 5.57 Å². The average molecular weight is 288 g/mol. The molecular weight excluding hydrogens is 268 g/mol. The Bertz CT molecular complexity index is 355. The van der Waals surface area contributed by atoms with E-state index in [1.54, 1.807) is 0 Å². The maximum absolute atomic E-state index is 11.2. The molecule has 0 spiro atoms. The molecule has 0 amide bonds. The van der Waals surface area contributed by atoms with Crippen molar-refractivity contribution >= 4 is 23.7 Å². The zero-order valence-electron chi connectivity index (χ0n) is 11.5. The van der Waals surface area contributed by atoms with E-state index in [1.165, 1.54) is 25.6 Å². The first-order valence-corrected chi connectivity index (χ1v) is 7.17. The molecule has 0 radical (unpaired) electrons.